The van der Waals surface area contributed by atoms with Crippen molar-refractivity contribution in [3.8, 4) is 5.75 Å². The van der Waals surface area contributed by atoms with Crippen LogP contribution in [0.1, 0.15) is 19.8 Å². The maximum Gasteiger partial charge on any atom is 0.138 e. The Morgan fingerprint density at radius 1 is 1.28 bits per heavy atom. The lowest BCUT2D eigenvalue weighted by Gasteiger charge is -2.11. The topological polar surface area (TPSA) is 22.1 Å². The molecule has 2 nitrogen and oxygen atoms in total. The van der Waals surface area contributed by atoms with E-state index in [0.717, 1.165) is 41.9 Å². The van der Waals surface area contributed by atoms with Crippen molar-refractivity contribution in [1.29, 1.82) is 0 Å². The molecule has 18 heavy (non-hydrogen) atoms. The molecule has 1 atom stereocenters. The Hall–Kier alpha value is -1.22. The second-order valence-electron chi connectivity index (χ2n) is 4.62. The summed E-state index contributed by atoms with van der Waals surface area (Å²) in [6.45, 7) is 2.98. The molecule has 0 aliphatic rings. The van der Waals surface area contributed by atoms with Gasteiger partial charge in [0.2, 0.25) is 0 Å². The van der Waals surface area contributed by atoms with Crippen LogP contribution in [0.5, 0.6) is 5.75 Å². The van der Waals surface area contributed by atoms with Crippen LogP contribution < -0.4 is 4.74 Å². The van der Waals surface area contributed by atoms with Crippen molar-refractivity contribution in [3.05, 3.63) is 36.5 Å². The summed E-state index contributed by atoms with van der Waals surface area (Å²) in [7, 11) is 0. The third-order valence-corrected chi connectivity index (χ3v) is 3.32. The second-order valence-corrected chi connectivity index (χ2v) is 5.07. The van der Waals surface area contributed by atoms with E-state index < -0.39 is 0 Å². The number of fused-ring (bicyclic) bond motifs is 1. The fourth-order valence-electron chi connectivity index (χ4n) is 1.87. The summed E-state index contributed by atoms with van der Waals surface area (Å²) in [4.78, 5) is 4.38. The van der Waals surface area contributed by atoms with E-state index in [2.05, 4.69) is 30.6 Å². The van der Waals surface area contributed by atoms with Crippen LogP contribution >= 0.6 is 12.6 Å². The number of nitrogens with zero attached hydrogens (tertiary/aromatic N) is 1. The number of hydrogen-bond donors (Lipinski definition) is 1. The monoisotopic (exact) mass is 261 g/mol. The molecule has 1 heterocycles. The highest BCUT2D eigenvalue weighted by molar-refractivity contribution is 7.80. The number of hydrogen-bond acceptors (Lipinski definition) is 3. The summed E-state index contributed by atoms with van der Waals surface area (Å²) in [5, 5.41) is 1.12. The van der Waals surface area contributed by atoms with E-state index in [9.17, 15) is 0 Å². The van der Waals surface area contributed by atoms with Gasteiger partial charge in [-0.1, -0.05) is 25.1 Å². The number of ether oxygens (including phenoxy) is 1. The minimum absolute atomic E-state index is 0.663. The van der Waals surface area contributed by atoms with Crippen molar-refractivity contribution in [2.75, 3.05) is 12.4 Å². The number of pyridine rings is 1. The van der Waals surface area contributed by atoms with Gasteiger partial charge in [0.05, 0.1) is 18.3 Å². The highest BCUT2D eigenvalue weighted by atomic mass is 32.1. The van der Waals surface area contributed by atoms with Crippen molar-refractivity contribution >= 4 is 23.5 Å². The van der Waals surface area contributed by atoms with Gasteiger partial charge < -0.3 is 4.74 Å². The number of para-hydroxylation sites is 1. The summed E-state index contributed by atoms with van der Waals surface area (Å²) >= 11 is 4.24. The number of rotatable bonds is 6. The minimum atomic E-state index is 0.663. The molecule has 0 saturated carbocycles. The molecule has 3 heteroatoms. The number of thiol groups is 1. The number of benzene rings is 1. The lowest BCUT2D eigenvalue weighted by Crippen LogP contribution is -2.04. The minimum Gasteiger partial charge on any atom is -0.492 e. The predicted octanol–water partition coefficient (Wildman–Crippen LogP) is 3.96. The van der Waals surface area contributed by atoms with E-state index in [1.54, 1.807) is 6.20 Å². The zero-order valence-corrected chi connectivity index (χ0v) is 11.6. The second kappa shape index (κ2) is 6.64. The average molecular weight is 261 g/mol. The van der Waals surface area contributed by atoms with Gasteiger partial charge in [0.15, 0.2) is 0 Å². The fraction of sp³-hybridized carbons (Fsp3) is 0.400. The van der Waals surface area contributed by atoms with Gasteiger partial charge in [-0.3, -0.25) is 4.98 Å². The molecule has 0 saturated heterocycles. The molecule has 1 aromatic heterocycles. The van der Waals surface area contributed by atoms with Crippen molar-refractivity contribution in [3.63, 3.8) is 0 Å². The van der Waals surface area contributed by atoms with Gasteiger partial charge in [0.25, 0.3) is 0 Å². The molecule has 2 rings (SSSR count). The third kappa shape index (κ3) is 3.64. The molecule has 0 aliphatic heterocycles. The molecule has 0 aliphatic carbocycles. The molecule has 0 amide bonds. The zero-order valence-electron chi connectivity index (χ0n) is 10.7. The van der Waals surface area contributed by atoms with Gasteiger partial charge >= 0.3 is 0 Å². The molecule has 96 valence electrons. The molecule has 0 fully saturated rings. The van der Waals surface area contributed by atoms with Gasteiger partial charge in [0, 0.05) is 5.39 Å². The van der Waals surface area contributed by atoms with Gasteiger partial charge in [-0.15, -0.1) is 0 Å². The Balaban J connectivity index is 1.91. The van der Waals surface area contributed by atoms with E-state index in [1.165, 1.54) is 0 Å². The average Bonchev–Trinajstić information content (AvgIpc) is 2.39. The molecule has 1 aromatic carbocycles. The molecule has 0 N–H and O–H groups in total. The van der Waals surface area contributed by atoms with E-state index >= 15 is 0 Å². The Kier molecular flexibility index (Phi) is 4.88. The van der Waals surface area contributed by atoms with Crippen molar-refractivity contribution in [1.82, 2.24) is 4.98 Å². The first-order chi connectivity index (χ1) is 8.79. The zero-order chi connectivity index (χ0) is 12.8. The standard InChI is InChI=1S/C15H19NOS/c1-12(7-9-18)6-8-17-14-10-13-4-2-3-5-15(13)16-11-14/h2-5,10-12,18H,6-9H2,1H3. The maximum absolute atomic E-state index is 5.74. The molecule has 1 unspecified atom stereocenters. The van der Waals surface area contributed by atoms with E-state index in [-0.39, 0.29) is 0 Å². The summed E-state index contributed by atoms with van der Waals surface area (Å²) in [5.41, 5.74) is 1.01. The Labute approximate surface area is 114 Å². The van der Waals surface area contributed by atoms with Crippen molar-refractivity contribution in [2.45, 2.75) is 19.8 Å². The van der Waals surface area contributed by atoms with Crippen LogP contribution in [0, 0.1) is 5.92 Å². The summed E-state index contributed by atoms with van der Waals surface area (Å²) in [5.74, 6) is 2.46. The van der Waals surface area contributed by atoms with Crippen LogP contribution in [0.15, 0.2) is 36.5 Å². The van der Waals surface area contributed by atoms with E-state index in [1.807, 2.05) is 24.3 Å². The summed E-state index contributed by atoms with van der Waals surface area (Å²) in [6.07, 6.45) is 4.00. The molecule has 2 aromatic rings. The molecular weight excluding hydrogens is 242 g/mol. The summed E-state index contributed by atoms with van der Waals surface area (Å²) < 4.78 is 5.74. The first-order valence-electron chi connectivity index (χ1n) is 6.38. The van der Waals surface area contributed by atoms with Crippen LogP contribution in [-0.2, 0) is 0 Å². The molecule has 0 radical (unpaired) electrons. The van der Waals surface area contributed by atoms with E-state index in [0.29, 0.717) is 5.92 Å². The predicted molar refractivity (Wildman–Crippen MR) is 79.5 cm³/mol. The smallest absolute Gasteiger partial charge is 0.138 e. The van der Waals surface area contributed by atoms with E-state index in [4.69, 9.17) is 4.74 Å². The SMILES string of the molecule is CC(CCS)CCOc1cnc2ccccc2c1. The highest BCUT2D eigenvalue weighted by Crippen LogP contribution is 2.18. The molecule has 0 bridgehead atoms. The third-order valence-electron chi connectivity index (χ3n) is 3.07. The van der Waals surface area contributed by atoms with Crippen LogP contribution in [-0.4, -0.2) is 17.3 Å². The van der Waals surface area contributed by atoms with Gasteiger partial charge in [-0.25, -0.2) is 0 Å². The quantitative estimate of drug-likeness (QED) is 0.795. The fourth-order valence-corrected chi connectivity index (χ4v) is 2.31. The highest BCUT2D eigenvalue weighted by Gasteiger charge is 2.02. The normalized spacial score (nSPS) is 12.6. The van der Waals surface area contributed by atoms with Crippen molar-refractivity contribution < 1.29 is 4.74 Å². The first-order valence-corrected chi connectivity index (χ1v) is 7.01. The molecule has 0 spiro atoms. The maximum atomic E-state index is 5.74. The molecular formula is C15H19NOS. The lowest BCUT2D eigenvalue weighted by atomic mass is 10.1. The van der Waals surface area contributed by atoms with Gasteiger partial charge in [-0.05, 0) is 36.6 Å². The number of aromatic nitrogens is 1. The van der Waals surface area contributed by atoms with Crippen LogP contribution in [0.3, 0.4) is 0 Å². The van der Waals surface area contributed by atoms with Gasteiger partial charge in [0.1, 0.15) is 5.75 Å². The van der Waals surface area contributed by atoms with Gasteiger partial charge in [-0.2, -0.15) is 12.6 Å². The van der Waals surface area contributed by atoms with Crippen LogP contribution in [0.25, 0.3) is 10.9 Å². The summed E-state index contributed by atoms with van der Waals surface area (Å²) in [6, 6.07) is 10.1. The van der Waals surface area contributed by atoms with Crippen molar-refractivity contribution in [2.24, 2.45) is 5.92 Å². The Morgan fingerprint density at radius 2 is 2.11 bits per heavy atom. The largest absolute Gasteiger partial charge is 0.492 e. The van der Waals surface area contributed by atoms with Crippen LogP contribution in [0.2, 0.25) is 0 Å². The van der Waals surface area contributed by atoms with Crippen LogP contribution in [0.4, 0.5) is 0 Å². The lowest BCUT2D eigenvalue weighted by molar-refractivity contribution is 0.282. The first kappa shape index (κ1) is 13.2. The Morgan fingerprint density at radius 3 is 2.94 bits per heavy atom. The Bertz CT molecular complexity index is 501.